The maximum absolute atomic E-state index is 11.7. The first-order valence-electron chi connectivity index (χ1n) is 6.47. The number of esters is 1. The molecular weight excluding hydrogens is 272 g/mol. The van der Waals surface area contributed by atoms with Crippen molar-refractivity contribution in [3.63, 3.8) is 0 Å². The molecule has 110 valence electrons. The summed E-state index contributed by atoms with van der Waals surface area (Å²) in [5, 5.41) is 19.0. The first kappa shape index (κ1) is 14.9. The van der Waals surface area contributed by atoms with E-state index in [1.54, 1.807) is 18.2 Å². The predicted molar refractivity (Wildman–Crippen MR) is 76.3 cm³/mol. The van der Waals surface area contributed by atoms with Gasteiger partial charge in [0.1, 0.15) is 30.8 Å². The number of para-hydroxylation sites is 1. The van der Waals surface area contributed by atoms with Crippen molar-refractivity contribution in [2.75, 3.05) is 13.2 Å². The molecule has 0 aliphatic carbocycles. The van der Waals surface area contributed by atoms with Crippen LogP contribution in [0.3, 0.4) is 0 Å². The average Bonchev–Trinajstić information content (AvgIpc) is 2.51. The van der Waals surface area contributed by atoms with E-state index in [1.165, 1.54) is 18.2 Å². The molecule has 0 fully saturated rings. The van der Waals surface area contributed by atoms with Crippen LogP contribution in [0, 0.1) is 0 Å². The quantitative estimate of drug-likeness (QED) is 0.795. The second-order valence-electron chi connectivity index (χ2n) is 4.43. The molecule has 0 saturated heterocycles. The Hall–Kier alpha value is -2.53. The van der Waals surface area contributed by atoms with Crippen LogP contribution in [-0.2, 0) is 4.74 Å². The van der Waals surface area contributed by atoms with Crippen molar-refractivity contribution in [1.29, 1.82) is 0 Å². The van der Waals surface area contributed by atoms with Gasteiger partial charge in [-0.3, -0.25) is 0 Å². The van der Waals surface area contributed by atoms with E-state index in [1.807, 2.05) is 18.2 Å². The number of carbonyl (C=O) groups is 1. The van der Waals surface area contributed by atoms with E-state index in [9.17, 15) is 15.0 Å². The summed E-state index contributed by atoms with van der Waals surface area (Å²) in [6.45, 7) is -0.154. The molecular formula is C16H16O5. The molecule has 0 amide bonds. The van der Waals surface area contributed by atoms with Gasteiger partial charge >= 0.3 is 5.97 Å². The van der Waals surface area contributed by atoms with Crippen molar-refractivity contribution in [3.8, 4) is 11.5 Å². The molecule has 2 N–H and O–H groups in total. The van der Waals surface area contributed by atoms with Gasteiger partial charge in [-0.2, -0.15) is 0 Å². The smallest absolute Gasteiger partial charge is 0.338 e. The molecule has 0 radical (unpaired) electrons. The summed E-state index contributed by atoms with van der Waals surface area (Å²) in [7, 11) is 0. The van der Waals surface area contributed by atoms with Gasteiger partial charge in [-0.05, 0) is 30.3 Å². The minimum Gasteiger partial charge on any atom is -0.508 e. The molecule has 1 atom stereocenters. The van der Waals surface area contributed by atoms with Gasteiger partial charge in [0.15, 0.2) is 0 Å². The van der Waals surface area contributed by atoms with E-state index in [-0.39, 0.29) is 24.5 Å². The number of aromatic hydroxyl groups is 1. The van der Waals surface area contributed by atoms with Crippen LogP contribution in [0.15, 0.2) is 54.6 Å². The van der Waals surface area contributed by atoms with Crippen LogP contribution in [0.2, 0.25) is 0 Å². The fourth-order valence-electron chi connectivity index (χ4n) is 1.65. The third-order valence-electron chi connectivity index (χ3n) is 2.67. The normalized spacial score (nSPS) is 11.7. The number of carbonyl (C=O) groups excluding carboxylic acids is 1. The van der Waals surface area contributed by atoms with Crippen molar-refractivity contribution in [1.82, 2.24) is 0 Å². The molecule has 2 aromatic rings. The Bertz CT molecular complexity index is 582. The zero-order chi connectivity index (χ0) is 15.1. The predicted octanol–water partition coefficient (Wildman–Crippen LogP) is 1.99. The summed E-state index contributed by atoms with van der Waals surface area (Å²) >= 11 is 0. The lowest BCUT2D eigenvalue weighted by Gasteiger charge is -2.12. The van der Waals surface area contributed by atoms with E-state index < -0.39 is 12.1 Å². The number of aliphatic hydroxyl groups excluding tert-OH is 1. The summed E-state index contributed by atoms with van der Waals surface area (Å²) in [5.74, 6) is 0.0120. The highest BCUT2D eigenvalue weighted by molar-refractivity contribution is 5.89. The fourth-order valence-corrected chi connectivity index (χ4v) is 1.65. The SMILES string of the molecule is O=C(OCC(O)COc1ccccc1)c1cccc(O)c1. The Morgan fingerprint density at radius 2 is 1.81 bits per heavy atom. The minimum atomic E-state index is -0.925. The van der Waals surface area contributed by atoms with Crippen LogP contribution in [0.1, 0.15) is 10.4 Å². The van der Waals surface area contributed by atoms with Gasteiger partial charge in [0.2, 0.25) is 0 Å². The Morgan fingerprint density at radius 3 is 2.52 bits per heavy atom. The first-order chi connectivity index (χ1) is 10.1. The Balaban J connectivity index is 1.76. The number of hydrogen-bond donors (Lipinski definition) is 2. The van der Waals surface area contributed by atoms with Gasteiger partial charge in [0, 0.05) is 0 Å². The Morgan fingerprint density at radius 1 is 1.05 bits per heavy atom. The number of phenolic OH excluding ortho intramolecular Hbond substituents is 1. The second kappa shape index (κ2) is 7.31. The largest absolute Gasteiger partial charge is 0.508 e. The fraction of sp³-hybridized carbons (Fsp3) is 0.188. The topological polar surface area (TPSA) is 76.0 Å². The van der Waals surface area contributed by atoms with Crippen molar-refractivity contribution in [2.45, 2.75) is 6.10 Å². The molecule has 5 heteroatoms. The van der Waals surface area contributed by atoms with E-state index in [0.717, 1.165) is 0 Å². The molecule has 0 spiro atoms. The summed E-state index contributed by atoms with van der Waals surface area (Å²) in [5.41, 5.74) is 0.228. The molecule has 0 bridgehead atoms. The van der Waals surface area contributed by atoms with Crippen LogP contribution >= 0.6 is 0 Å². The van der Waals surface area contributed by atoms with Crippen molar-refractivity contribution >= 4 is 5.97 Å². The van der Waals surface area contributed by atoms with E-state index in [4.69, 9.17) is 9.47 Å². The Kier molecular flexibility index (Phi) is 5.17. The highest BCUT2D eigenvalue weighted by atomic mass is 16.5. The molecule has 2 rings (SSSR count). The lowest BCUT2D eigenvalue weighted by Crippen LogP contribution is -2.25. The van der Waals surface area contributed by atoms with Crippen LogP contribution in [-0.4, -0.2) is 35.5 Å². The number of phenols is 1. The average molecular weight is 288 g/mol. The van der Waals surface area contributed by atoms with Crippen LogP contribution in [0.4, 0.5) is 0 Å². The van der Waals surface area contributed by atoms with Gasteiger partial charge in [-0.15, -0.1) is 0 Å². The second-order valence-corrected chi connectivity index (χ2v) is 4.43. The van der Waals surface area contributed by atoms with Gasteiger partial charge < -0.3 is 19.7 Å². The highest BCUT2D eigenvalue weighted by Crippen LogP contribution is 2.12. The third-order valence-corrected chi connectivity index (χ3v) is 2.67. The molecule has 5 nitrogen and oxygen atoms in total. The molecule has 21 heavy (non-hydrogen) atoms. The monoisotopic (exact) mass is 288 g/mol. The van der Waals surface area contributed by atoms with E-state index in [0.29, 0.717) is 5.75 Å². The number of hydrogen-bond acceptors (Lipinski definition) is 5. The lowest BCUT2D eigenvalue weighted by atomic mass is 10.2. The van der Waals surface area contributed by atoms with Gasteiger partial charge in [0.25, 0.3) is 0 Å². The molecule has 0 saturated carbocycles. The Labute approximate surface area is 122 Å². The molecule has 0 aliphatic rings. The summed E-state index contributed by atoms with van der Waals surface area (Å²) < 4.78 is 10.3. The summed E-state index contributed by atoms with van der Waals surface area (Å²) in [6.07, 6.45) is -0.925. The van der Waals surface area contributed by atoms with Gasteiger partial charge in [-0.25, -0.2) is 4.79 Å². The van der Waals surface area contributed by atoms with Crippen molar-refractivity contribution in [3.05, 3.63) is 60.2 Å². The van der Waals surface area contributed by atoms with Crippen molar-refractivity contribution < 1.29 is 24.5 Å². The zero-order valence-corrected chi connectivity index (χ0v) is 11.3. The number of rotatable bonds is 6. The van der Waals surface area contributed by atoms with Gasteiger partial charge in [-0.1, -0.05) is 24.3 Å². The molecule has 2 aromatic carbocycles. The number of benzene rings is 2. The summed E-state index contributed by atoms with van der Waals surface area (Å²) in [6, 6.07) is 14.9. The number of aliphatic hydroxyl groups is 1. The van der Waals surface area contributed by atoms with Crippen LogP contribution in [0.5, 0.6) is 11.5 Å². The maximum Gasteiger partial charge on any atom is 0.338 e. The van der Waals surface area contributed by atoms with E-state index in [2.05, 4.69) is 0 Å². The standard InChI is InChI=1S/C16H16O5/c17-13-6-4-5-12(9-13)16(19)21-11-14(18)10-20-15-7-2-1-3-8-15/h1-9,14,17-18H,10-11H2. The van der Waals surface area contributed by atoms with E-state index >= 15 is 0 Å². The van der Waals surface area contributed by atoms with Crippen LogP contribution in [0.25, 0.3) is 0 Å². The molecule has 0 heterocycles. The number of ether oxygens (including phenoxy) is 2. The third kappa shape index (κ3) is 4.81. The molecule has 0 aromatic heterocycles. The lowest BCUT2D eigenvalue weighted by molar-refractivity contribution is 0.0130. The molecule has 1 unspecified atom stereocenters. The van der Waals surface area contributed by atoms with Gasteiger partial charge in [0.05, 0.1) is 5.56 Å². The zero-order valence-electron chi connectivity index (χ0n) is 11.3. The molecule has 0 aliphatic heterocycles. The first-order valence-corrected chi connectivity index (χ1v) is 6.47. The highest BCUT2D eigenvalue weighted by Gasteiger charge is 2.12. The van der Waals surface area contributed by atoms with Crippen molar-refractivity contribution in [2.24, 2.45) is 0 Å². The minimum absolute atomic E-state index is 0.0163. The summed E-state index contributed by atoms with van der Waals surface area (Å²) in [4.78, 5) is 11.7. The van der Waals surface area contributed by atoms with Crippen LogP contribution < -0.4 is 4.74 Å². The maximum atomic E-state index is 11.7.